The Morgan fingerprint density at radius 3 is 1.50 bits per heavy atom. The van der Waals surface area contributed by atoms with Gasteiger partial charge >= 0.3 is 0 Å². The Bertz CT molecular complexity index is 903. The van der Waals surface area contributed by atoms with E-state index in [1.165, 1.54) is 25.7 Å². The lowest BCUT2D eigenvalue weighted by Crippen LogP contribution is -2.18. The van der Waals surface area contributed by atoms with Crippen LogP contribution in [0.25, 0.3) is 0 Å². The van der Waals surface area contributed by atoms with E-state index < -0.39 is 0 Å². The molecule has 0 N–H and O–H groups in total. The molecular formula is C34H50. The second-order valence-electron chi connectivity index (χ2n) is 12.1. The fourth-order valence-electron chi connectivity index (χ4n) is 6.23. The number of hydrogen-bond donors (Lipinski definition) is 0. The molecular weight excluding hydrogens is 408 g/mol. The van der Waals surface area contributed by atoms with Gasteiger partial charge in [0.25, 0.3) is 0 Å². The maximum Gasteiger partial charge on any atom is -0.0122 e. The minimum absolute atomic E-state index is 0.577. The van der Waals surface area contributed by atoms with Gasteiger partial charge in [-0.05, 0) is 100 Å². The van der Waals surface area contributed by atoms with Gasteiger partial charge in [-0.25, -0.2) is 0 Å². The summed E-state index contributed by atoms with van der Waals surface area (Å²) in [5.74, 6) is 4.30. The highest BCUT2D eigenvalue weighted by Gasteiger charge is 2.27. The summed E-state index contributed by atoms with van der Waals surface area (Å²) in [5.41, 5.74) is 9.49. The summed E-state index contributed by atoms with van der Waals surface area (Å²) in [7, 11) is 0. The van der Waals surface area contributed by atoms with E-state index in [2.05, 4.69) is 111 Å². The quantitative estimate of drug-likeness (QED) is 0.328. The molecule has 0 bridgehead atoms. The molecule has 0 aromatic heterocycles. The molecule has 0 saturated carbocycles. The second kappa shape index (κ2) is 11.7. The van der Waals surface area contributed by atoms with Gasteiger partial charge in [0, 0.05) is 0 Å². The molecule has 0 nitrogen and oxygen atoms in total. The van der Waals surface area contributed by atoms with E-state index >= 15 is 0 Å². The van der Waals surface area contributed by atoms with Crippen molar-refractivity contribution in [3.63, 3.8) is 0 Å². The lowest BCUT2D eigenvalue weighted by Gasteiger charge is -2.32. The fourth-order valence-corrected chi connectivity index (χ4v) is 6.23. The summed E-state index contributed by atoms with van der Waals surface area (Å²) in [5, 5.41) is 0. The summed E-state index contributed by atoms with van der Waals surface area (Å²) >= 11 is 0. The molecule has 0 fully saturated rings. The highest BCUT2D eigenvalue weighted by atomic mass is 14.3. The van der Waals surface area contributed by atoms with Gasteiger partial charge < -0.3 is 0 Å². The van der Waals surface area contributed by atoms with Crippen LogP contribution in [0.3, 0.4) is 0 Å². The molecule has 0 radical (unpaired) electrons. The predicted molar refractivity (Wildman–Crippen MR) is 151 cm³/mol. The Hall–Kier alpha value is -1.82. The molecule has 2 aromatic rings. The number of rotatable bonds is 9. The fraction of sp³-hybridized carbons (Fsp3) is 0.588. The van der Waals surface area contributed by atoms with Crippen LogP contribution in [0, 0.1) is 11.8 Å². The molecule has 186 valence electrons. The van der Waals surface area contributed by atoms with Crippen LogP contribution >= 0.6 is 0 Å². The van der Waals surface area contributed by atoms with Crippen molar-refractivity contribution < 1.29 is 0 Å². The van der Waals surface area contributed by atoms with Crippen molar-refractivity contribution in [1.82, 2.24) is 0 Å². The third-order valence-electron chi connectivity index (χ3n) is 8.27. The second-order valence-corrected chi connectivity index (χ2v) is 12.1. The molecule has 0 heteroatoms. The standard InChI is InChI=1S/C34H50/c1-22(2)29-12-10-13-30(23(3)4)33(29)21-18-27-16-19-28(20-17-27)26(9)34-31(24(5)6)14-11-15-32(34)25(7)8/h10-16,19,22-28H,17-18,20-21H2,1-9H3. The molecule has 2 aromatic carbocycles. The van der Waals surface area contributed by atoms with E-state index in [4.69, 9.17) is 0 Å². The Balaban J connectivity index is 1.76. The molecule has 3 rings (SSSR count). The van der Waals surface area contributed by atoms with E-state index in [9.17, 15) is 0 Å². The van der Waals surface area contributed by atoms with Gasteiger partial charge in [-0.3, -0.25) is 0 Å². The zero-order valence-electron chi connectivity index (χ0n) is 23.5. The number of benzene rings is 2. The van der Waals surface area contributed by atoms with Crippen molar-refractivity contribution in [1.29, 1.82) is 0 Å². The molecule has 1 aliphatic rings. The topological polar surface area (TPSA) is 0 Å². The van der Waals surface area contributed by atoms with Crippen LogP contribution in [0.15, 0.2) is 48.6 Å². The molecule has 0 amide bonds. The highest BCUT2D eigenvalue weighted by molar-refractivity contribution is 5.42. The third kappa shape index (κ3) is 6.05. The Kier molecular flexibility index (Phi) is 9.25. The van der Waals surface area contributed by atoms with Crippen molar-refractivity contribution in [3.05, 3.63) is 81.9 Å². The van der Waals surface area contributed by atoms with E-state index in [0.717, 1.165) is 0 Å². The van der Waals surface area contributed by atoms with Crippen LogP contribution in [0.2, 0.25) is 0 Å². The first-order valence-corrected chi connectivity index (χ1v) is 14.0. The normalized spacial score (nSPS) is 19.6. The van der Waals surface area contributed by atoms with Crippen molar-refractivity contribution in [2.75, 3.05) is 0 Å². The van der Waals surface area contributed by atoms with E-state index in [1.807, 2.05) is 0 Å². The first kappa shape index (κ1) is 26.8. The van der Waals surface area contributed by atoms with Crippen LogP contribution in [0.4, 0.5) is 0 Å². The smallest absolute Gasteiger partial charge is 0.0122 e. The van der Waals surface area contributed by atoms with E-state index in [-0.39, 0.29) is 0 Å². The van der Waals surface area contributed by atoms with Gasteiger partial charge in [0.15, 0.2) is 0 Å². The van der Waals surface area contributed by atoms with Crippen molar-refractivity contribution in [2.45, 2.75) is 118 Å². The SMILES string of the molecule is CC(C)c1cccc(C(C)C)c1CCC1C=CC(C(C)c2c(C(C)C)cccc2C(C)C)CC1. The predicted octanol–water partition coefficient (Wildman–Crippen LogP) is 10.5. The molecule has 3 atom stereocenters. The molecule has 3 unspecified atom stereocenters. The number of allylic oxidation sites excluding steroid dienone is 2. The lowest BCUT2D eigenvalue weighted by atomic mass is 9.73. The van der Waals surface area contributed by atoms with Gasteiger partial charge in [0.2, 0.25) is 0 Å². The molecule has 0 heterocycles. The van der Waals surface area contributed by atoms with Crippen LogP contribution in [0.5, 0.6) is 0 Å². The summed E-state index contributed by atoms with van der Waals surface area (Å²) < 4.78 is 0. The summed E-state index contributed by atoms with van der Waals surface area (Å²) in [6.07, 6.45) is 10.3. The summed E-state index contributed by atoms with van der Waals surface area (Å²) in [6.45, 7) is 21.3. The Morgan fingerprint density at radius 1 is 0.618 bits per heavy atom. The Labute approximate surface area is 211 Å². The molecule has 0 spiro atoms. The molecule has 0 saturated heterocycles. The van der Waals surface area contributed by atoms with Gasteiger partial charge in [0.1, 0.15) is 0 Å². The van der Waals surface area contributed by atoms with Gasteiger partial charge in [-0.15, -0.1) is 0 Å². The number of hydrogen-bond acceptors (Lipinski definition) is 0. The van der Waals surface area contributed by atoms with Crippen molar-refractivity contribution in [3.8, 4) is 0 Å². The zero-order chi connectivity index (χ0) is 25.0. The van der Waals surface area contributed by atoms with Crippen LogP contribution < -0.4 is 0 Å². The Morgan fingerprint density at radius 2 is 1.09 bits per heavy atom. The lowest BCUT2D eigenvalue weighted by molar-refractivity contribution is 0.398. The maximum atomic E-state index is 2.58. The summed E-state index contributed by atoms with van der Waals surface area (Å²) in [4.78, 5) is 0. The average molecular weight is 459 g/mol. The monoisotopic (exact) mass is 458 g/mol. The molecule has 34 heavy (non-hydrogen) atoms. The maximum absolute atomic E-state index is 2.58. The third-order valence-corrected chi connectivity index (χ3v) is 8.27. The van der Waals surface area contributed by atoms with Gasteiger partial charge in [-0.1, -0.05) is 111 Å². The van der Waals surface area contributed by atoms with Crippen LogP contribution in [-0.2, 0) is 6.42 Å². The molecule has 1 aliphatic carbocycles. The minimum atomic E-state index is 0.577. The first-order chi connectivity index (χ1) is 16.1. The van der Waals surface area contributed by atoms with Gasteiger partial charge in [0.05, 0.1) is 0 Å². The van der Waals surface area contributed by atoms with Gasteiger partial charge in [-0.2, -0.15) is 0 Å². The largest absolute Gasteiger partial charge is 0.0851 e. The van der Waals surface area contributed by atoms with Crippen molar-refractivity contribution in [2.24, 2.45) is 11.8 Å². The van der Waals surface area contributed by atoms with Crippen molar-refractivity contribution >= 4 is 0 Å². The van der Waals surface area contributed by atoms with Crippen LogP contribution in [-0.4, -0.2) is 0 Å². The first-order valence-electron chi connectivity index (χ1n) is 14.0. The zero-order valence-corrected chi connectivity index (χ0v) is 23.5. The van der Waals surface area contributed by atoms with Crippen LogP contribution in [0.1, 0.15) is 145 Å². The van der Waals surface area contributed by atoms with E-state index in [1.54, 1.807) is 33.4 Å². The average Bonchev–Trinajstić information content (AvgIpc) is 2.81. The highest BCUT2D eigenvalue weighted by Crippen LogP contribution is 2.41. The van der Waals surface area contributed by atoms with E-state index in [0.29, 0.717) is 41.4 Å². The minimum Gasteiger partial charge on any atom is -0.0851 e. The molecule has 0 aliphatic heterocycles. The summed E-state index contributed by atoms with van der Waals surface area (Å²) in [6, 6.07) is 14.0.